The van der Waals surface area contributed by atoms with Crippen molar-refractivity contribution in [3.05, 3.63) is 0 Å². The van der Waals surface area contributed by atoms with Gasteiger partial charge in [0.1, 0.15) is 6.79 Å². The van der Waals surface area contributed by atoms with Gasteiger partial charge in [-0.1, -0.05) is 6.92 Å². The Balaban J connectivity index is 5.86. The van der Waals surface area contributed by atoms with Crippen LogP contribution < -0.4 is 0 Å². The molecule has 2 unspecified atom stereocenters. The second kappa shape index (κ2) is 7.96. The molecule has 23 heavy (non-hydrogen) atoms. The Bertz CT molecular complexity index is 353. The minimum Gasteiger partial charge on any atom is -0.356 e. The van der Waals surface area contributed by atoms with Crippen LogP contribution in [-0.4, -0.2) is 43.7 Å². The molecule has 0 spiro atoms. The monoisotopic (exact) mass is 360 g/mol. The summed E-state index contributed by atoms with van der Waals surface area (Å²) >= 11 is 0. The summed E-state index contributed by atoms with van der Waals surface area (Å²) in [4.78, 5) is 0. The van der Waals surface area contributed by atoms with E-state index in [-0.39, 0.29) is 13.5 Å². The van der Waals surface area contributed by atoms with Crippen LogP contribution in [0.15, 0.2) is 0 Å². The van der Waals surface area contributed by atoms with Gasteiger partial charge in [0.05, 0.1) is 13.1 Å². The summed E-state index contributed by atoms with van der Waals surface area (Å²) in [5, 5.41) is 0. The molecule has 2 atom stereocenters. The van der Waals surface area contributed by atoms with Gasteiger partial charge < -0.3 is 9.47 Å². The molecule has 0 aromatic carbocycles. The van der Waals surface area contributed by atoms with Crippen LogP contribution in [0.4, 0.5) is 35.1 Å². The van der Waals surface area contributed by atoms with E-state index >= 15 is 0 Å². The highest BCUT2D eigenvalue weighted by Crippen LogP contribution is 2.52. The first-order valence-corrected chi connectivity index (χ1v) is 6.82. The molecule has 0 radical (unpaired) electrons. The second-order valence-corrected chi connectivity index (χ2v) is 5.49. The largest absolute Gasteiger partial charge is 0.423 e. The number of rotatable bonds is 10. The molecule has 0 aliphatic rings. The molecule has 0 bridgehead atoms. The number of alkyl halides is 8. The SMILES string of the molecule is CCOCOC(CC(C)CF)(C(F)(F)F)C(F)(F)CC(C)(F)F. The summed E-state index contributed by atoms with van der Waals surface area (Å²) in [6, 6.07) is 0. The fourth-order valence-electron chi connectivity index (χ4n) is 2.02. The van der Waals surface area contributed by atoms with Gasteiger partial charge in [0.15, 0.2) is 0 Å². The highest BCUT2D eigenvalue weighted by Gasteiger charge is 2.72. The van der Waals surface area contributed by atoms with Crippen molar-refractivity contribution < 1.29 is 44.6 Å². The first-order valence-electron chi connectivity index (χ1n) is 6.82. The van der Waals surface area contributed by atoms with Crippen LogP contribution in [0, 0.1) is 5.92 Å². The third-order valence-electron chi connectivity index (χ3n) is 3.07. The van der Waals surface area contributed by atoms with Gasteiger partial charge in [0, 0.05) is 6.61 Å². The smallest absolute Gasteiger partial charge is 0.356 e. The zero-order valence-corrected chi connectivity index (χ0v) is 13.0. The molecule has 2 nitrogen and oxygen atoms in total. The van der Waals surface area contributed by atoms with Crippen molar-refractivity contribution in [3.63, 3.8) is 0 Å². The first kappa shape index (κ1) is 22.4. The van der Waals surface area contributed by atoms with Gasteiger partial charge in [0.25, 0.3) is 11.8 Å². The molecule has 0 amide bonds. The normalized spacial score (nSPS) is 17.9. The third kappa shape index (κ3) is 6.06. The van der Waals surface area contributed by atoms with Crippen molar-refractivity contribution in [1.29, 1.82) is 0 Å². The van der Waals surface area contributed by atoms with Gasteiger partial charge in [0.2, 0.25) is 5.60 Å². The molecular formula is C13H20F8O2. The van der Waals surface area contributed by atoms with Crippen LogP contribution in [0.2, 0.25) is 0 Å². The van der Waals surface area contributed by atoms with E-state index < -0.39 is 55.8 Å². The van der Waals surface area contributed by atoms with Crippen LogP contribution in [0.25, 0.3) is 0 Å². The summed E-state index contributed by atoms with van der Waals surface area (Å²) in [5.41, 5.74) is -4.26. The average molecular weight is 360 g/mol. The maximum absolute atomic E-state index is 14.2. The molecule has 140 valence electrons. The molecule has 0 aliphatic carbocycles. The highest BCUT2D eigenvalue weighted by atomic mass is 19.4. The predicted molar refractivity (Wildman–Crippen MR) is 66.3 cm³/mol. The fraction of sp³-hybridized carbons (Fsp3) is 1.00. The van der Waals surface area contributed by atoms with Crippen LogP contribution in [0.1, 0.15) is 33.6 Å². The van der Waals surface area contributed by atoms with Crippen molar-refractivity contribution in [2.45, 2.75) is 57.2 Å². The maximum atomic E-state index is 14.2. The van der Waals surface area contributed by atoms with Gasteiger partial charge in [-0.05, 0) is 26.2 Å². The molecule has 0 aromatic heterocycles. The maximum Gasteiger partial charge on any atom is 0.423 e. The first-order chi connectivity index (χ1) is 10.2. The standard InChI is InChI=1S/C13H20F8O2/c1-4-22-8-23-11(13(19,20)21,5-9(2)6-14)12(17,18)7-10(3,15)16/h9H,4-8H2,1-3H3. The minimum absolute atomic E-state index is 0.0726. The van der Waals surface area contributed by atoms with Crippen molar-refractivity contribution >= 4 is 0 Å². The molecule has 0 saturated heterocycles. The summed E-state index contributed by atoms with van der Waals surface area (Å²) in [6.45, 7) is -0.258. The van der Waals surface area contributed by atoms with E-state index in [4.69, 9.17) is 0 Å². The lowest BCUT2D eigenvalue weighted by atomic mass is 9.82. The molecule has 0 rings (SSSR count). The number of ether oxygens (including phenoxy) is 2. The van der Waals surface area contributed by atoms with E-state index in [0.29, 0.717) is 0 Å². The Morgan fingerprint density at radius 2 is 1.52 bits per heavy atom. The zero-order chi connectivity index (χ0) is 18.5. The van der Waals surface area contributed by atoms with Gasteiger partial charge >= 0.3 is 6.18 Å². The molecule has 0 fully saturated rings. The minimum atomic E-state index is -5.71. The lowest BCUT2D eigenvalue weighted by molar-refractivity contribution is -0.373. The van der Waals surface area contributed by atoms with Crippen LogP contribution in [0.3, 0.4) is 0 Å². The predicted octanol–water partition coefficient (Wildman–Crippen LogP) is 4.97. The molecular weight excluding hydrogens is 340 g/mol. The van der Waals surface area contributed by atoms with Crippen molar-refractivity contribution in [3.8, 4) is 0 Å². The molecule has 10 heteroatoms. The Morgan fingerprint density at radius 1 is 1.00 bits per heavy atom. The summed E-state index contributed by atoms with van der Waals surface area (Å²) < 4.78 is 115. The van der Waals surface area contributed by atoms with Crippen molar-refractivity contribution in [2.75, 3.05) is 20.1 Å². The van der Waals surface area contributed by atoms with Crippen LogP contribution >= 0.6 is 0 Å². The summed E-state index contributed by atoms with van der Waals surface area (Å²) in [6.07, 6.45) is -9.60. The molecule has 0 aliphatic heterocycles. The average Bonchev–Trinajstić information content (AvgIpc) is 2.32. The van der Waals surface area contributed by atoms with Gasteiger partial charge in [-0.3, -0.25) is 4.39 Å². The zero-order valence-electron chi connectivity index (χ0n) is 13.0. The number of hydrogen-bond donors (Lipinski definition) is 0. The van der Waals surface area contributed by atoms with Crippen LogP contribution in [0.5, 0.6) is 0 Å². The summed E-state index contributed by atoms with van der Waals surface area (Å²) in [5.74, 6) is -10.5. The van der Waals surface area contributed by atoms with Crippen LogP contribution in [-0.2, 0) is 9.47 Å². The Hall–Kier alpha value is -0.640. The Morgan fingerprint density at radius 3 is 1.87 bits per heavy atom. The van der Waals surface area contributed by atoms with Gasteiger partial charge in [-0.2, -0.15) is 13.2 Å². The van der Waals surface area contributed by atoms with E-state index in [9.17, 15) is 35.1 Å². The summed E-state index contributed by atoms with van der Waals surface area (Å²) in [7, 11) is 0. The van der Waals surface area contributed by atoms with E-state index in [2.05, 4.69) is 9.47 Å². The lowest BCUT2D eigenvalue weighted by Gasteiger charge is -2.43. The number of hydrogen-bond acceptors (Lipinski definition) is 2. The number of halogens is 8. The molecule has 0 aromatic rings. The lowest BCUT2D eigenvalue weighted by Crippen LogP contribution is -2.62. The van der Waals surface area contributed by atoms with Gasteiger partial charge in [-0.25, -0.2) is 17.6 Å². The fourth-order valence-corrected chi connectivity index (χ4v) is 2.02. The van der Waals surface area contributed by atoms with E-state index in [1.807, 2.05) is 0 Å². The quantitative estimate of drug-likeness (QED) is 0.311. The third-order valence-corrected chi connectivity index (χ3v) is 3.07. The topological polar surface area (TPSA) is 18.5 Å². The van der Waals surface area contributed by atoms with E-state index in [1.165, 1.54) is 6.92 Å². The van der Waals surface area contributed by atoms with Crippen molar-refractivity contribution in [1.82, 2.24) is 0 Å². The Labute approximate surface area is 129 Å². The molecule has 0 heterocycles. The van der Waals surface area contributed by atoms with E-state index in [1.54, 1.807) is 0 Å². The second-order valence-electron chi connectivity index (χ2n) is 5.49. The highest BCUT2D eigenvalue weighted by molar-refractivity contribution is 5.03. The molecule has 0 N–H and O–H groups in total. The Kier molecular flexibility index (Phi) is 7.73. The van der Waals surface area contributed by atoms with E-state index in [0.717, 1.165) is 6.92 Å². The van der Waals surface area contributed by atoms with Crippen molar-refractivity contribution in [2.24, 2.45) is 5.92 Å². The van der Waals surface area contributed by atoms with Gasteiger partial charge in [-0.15, -0.1) is 0 Å². The molecule has 0 saturated carbocycles.